The smallest absolute Gasteiger partial charge is 0.383 e. The zero-order valence-corrected chi connectivity index (χ0v) is 21.9. The number of piperazine rings is 1. The number of alkyl halides is 4. The van der Waals surface area contributed by atoms with E-state index in [1.54, 1.807) is 26.3 Å². The van der Waals surface area contributed by atoms with Crippen molar-refractivity contribution in [3.05, 3.63) is 63.2 Å². The van der Waals surface area contributed by atoms with Gasteiger partial charge in [-0.05, 0) is 36.8 Å². The topological polar surface area (TPSA) is 63.5 Å². The fourth-order valence-electron chi connectivity index (χ4n) is 4.39. The van der Waals surface area contributed by atoms with E-state index >= 15 is 0 Å². The number of nitrogens with zero attached hydrogens (tertiary/aromatic N) is 5. The average molecular weight is 546 g/mol. The molecule has 1 aromatic carbocycles. The molecule has 1 aliphatic heterocycles. The second-order valence-corrected chi connectivity index (χ2v) is 8.76. The number of benzene rings is 1. The van der Waals surface area contributed by atoms with E-state index in [-0.39, 0.29) is 12.1 Å². The lowest BCUT2D eigenvalue weighted by atomic mass is 10.0. The zero-order valence-electron chi connectivity index (χ0n) is 20.4. The first kappa shape index (κ1) is 28.2. The maximum Gasteiger partial charge on any atom is 0.416 e. The van der Waals surface area contributed by atoms with Crippen LogP contribution in [-0.2, 0) is 18.0 Å². The van der Waals surface area contributed by atoms with Gasteiger partial charge in [0.25, 0.3) is 0 Å². The van der Waals surface area contributed by atoms with Crippen LogP contribution in [0.25, 0.3) is 11.0 Å². The van der Waals surface area contributed by atoms with Gasteiger partial charge >= 0.3 is 11.9 Å². The second kappa shape index (κ2) is 11.8. The molecule has 12 heteroatoms. The largest absolute Gasteiger partial charge is 0.416 e. The van der Waals surface area contributed by atoms with E-state index < -0.39 is 17.4 Å². The van der Waals surface area contributed by atoms with Crippen LogP contribution in [0.2, 0.25) is 5.15 Å². The monoisotopic (exact) mass is 545 g/mol. The molecule has 7 nitrogen and oxygen atoms in total. The third-order valence-electron chi connectivity index (χ3n) is 6.31. The molecule has 0 spiro atoms. The molecule has 0 amide bonds. The lowest BCUT2D eigenvalue weighted by molar-refractivity contribution is -0.137. The molecular formula is C24H28Cl2F3N5O2. The first-order chi connectivity index (χ1) is 17.1. The summed E-state index contributed by atoms with van der Waals surface area (Å²) >= 11 is 10.8. The van der Waals surface area contributed by atoms with E-state index in [9.17, 15) is 18.0 Å². The van der Waals surface area contributed by atoms with Gasteiger partial charge in [-0.1, -0.05) is 23.7 Å². The molecule has 196 valence electrons. The van der Waals surface area contributed by atoms with Crippen molar-refractivity contribution in [3.63, 3.8) is 0 Å². The molecule has 2 aromatic heterocycles. The summed E-state index contributed by atoms with van der Waals surface area (Å²) in [5.74, 6) is 0.449. The van der Waals surface area contributed by atoms with Crippen LogP contribution in [0.1, 0.15) is 24.1 Å². The molecule has 0 radical (unpaired) electrons. The zero-order chi connectivity index (χ0) is 26.6. The molecule has 2 atom stereocenters. The molecule has 3 aromatic rings. The molecule has 0 saturated carbocycles. The van der Waals surface area contributed by atoms with Gasteiger partial charge in [0, 0.05) is 46.2 Å². The predicted octanol–water partition coefficient (Wildman–Crippen LogP) is 4.75. The average Bonchev–Trinajstić information content (AvgIpc) is 2.87. The van der Waals surface area contributed by atoms with Gasteiger partial charge in [0.15, 0.2) is 5.82 Å². The van der Waals surface area contributed by atoms with Crippen LogP contribution in [0.5, 0.6) is 0 Å². The summed E-state index contributed by atoms with van der Waals surface area (Å²) in [5.41, 5.74) is 0.878. The Morgan fingerprint density at radius 3 is 2.39 bits per heavy atom. The van der Waals surface area contributed by atoms with Crippen LogP contribution >= 0.6 is 23.2 Å². The second-order valence-electron chi connectivity index (χ2n) is 8.37. The SMILES string of the molecule is CCl.COCC1CN(C(C)c2ccc(C(F)(F)F)cc2)CCN1c1nc(=O)n(C)c2ccc(Cl)nc12. The summed E-state index contributed by atoms with van der Waals surface area (Å²) in [6, 6.07) is 8.37. The quantitative estimate of drug-likeness (QED) is 0.340. The summed E-state index contributed by atoms with van der Waals surface area (Å²) in [7, 11) is 3.23. The minimum Gasteiger partial charge on any atom is -0.383 e. The van der Waals surface area contributed by atoms with Crippen LogP contribution in [0.4, 0.5) is 19.0 Å². The van der Waals surface area contributed by atoms with Crippen molar-refractivity contribution in [2.75, 3.05) is 44.6 Å². The number of rotatable bonds is 5. The van der Waals surface area contributed by atoms with Crippen molar-refractivity contribution in [2.24, 2.45) is 7.05 Å². The van der Waals surface area contributed by atoms with E-state index in [2.05, 4.69) is 26.5 Å². The number of anilines is 1. The fraction of sp³-hybridized carbons (Fsp3) is 0.458. The number of ether oxygens (including phenoxy) is 1. The Bertz CT molecular complexity index is 1240. The number of hydrogen-bond acceptors (Lipinski definition) is 6. The summed E-state index contributed by atoms with van der Waals surface area (Å²) in [6.45, 7) is 4.04. The Kier molecular flexibility index (Phi) is 9.21. The molecule has 0 bridgehead atoms. The van der Waals surface area contributed by atoms with Crippen molar-refractivity contribution < 1.29 is 17.9 Å². The maximum absolute atomic E-state index is 12.9. The van der Waals surface area contributed by atoms with Crippen molar-refractivity contribution >= 4 is 40.1 Å². The van der Waals surface area contributed by atoms with E-state index in [0.29, 0.717) is 48.2 Å². The minimum absolute atomic E-state index is 0.107. The van der Waals surface area contributed by atoms with Crippen LogP contribution < -0.4 is 10.6 Å². The summed E-state index contributed by atoms with van der Waals surface area (Å²) in [5, 5.41) is 0.298. The Balaban J connectivity index is 0.00000176. The molecule has 3 heterocycles. The molecular weight excluding hydrogens is 518 g/mol. The van der Waals surface area contributed by atoms with Crippen molar-refractivity contribution in [1.82, 2.24) is 19.4 Å². The van der Waals surface area contributed by atoms with Gasteiger partial charge in [-0.2, -0.15) is 18.2 Å². The Labute approximate surface area is 217 Å². The van der Waals surface area contributed by atoms with Gasteiger partial charge in [-0.3, -0.25) is 9.47 Å². The number of hydrogen-bond donors (Lipinski definition) is 0. The number of halogens is 5. The van der Waals surface area contributed by atoms with Gasteiger partial charge < -0.3 is 9.64 Å². The summed E-state index contributed by atoms with van der Waals surface area (Å²) in [6.07, 6.45) is -2.89. The maximum atomic E-state index is 12.9. The number of aromatic nitrogens is 3. The standard InChI is InChI=1S/C23H25ClF3N5O2.CH3Cl/c1-14(15-4-6-16(7-5-15)23(25,26)27)31-10-11-32(17(12-31)13-34-3)21-20-18(8-9-19(24)28-20)30(2)22(33)29-21;1-2/h4-9,14,17H,10-13H2,1-3H3;1H3. The normalized spacial score (nSPS) is 17.6. The molecule has 2 unspecified atom stereocenters. The van der Waals surface area contributed by atoms with Crippen LogP contribution in [0, 0.1) is 0 Å². The van der Waals surface area contributed by atoms with E-state index in [1.165, 1.54) is 23.1 Å². The number of methoxy groups -OCH3 is 1. The minimum atomic E-state index is -4.36. The molecule has 4 rings (SSSR count). The van der Waals surface area contributed by atoms with Gasteiger partial charge in [0.05, 0.1) is 23.7 Å². The molecule has 0 N–H and O–H groups in total. The molecule has 1 fully saturated rings. The lowest BCUT2D eigenvalue weighted by Gasteiger charge is -2.44. The highest BCUT2D eigenvalue weighted by Gasteiger charge is 2.33. The van der Waals surface area contributed by atoms with Gasteiger partial charge in [0.1, 0.15) is 10.7 Å². The van der Waals surface area contributed by atoms with Gasteiger partial charge in [-0.15, -0.1) is 11.6 Å². The van der Waals surface area contributed by atoms with E-state index in [0.717, 1.165) is 17.7 Å². The van der Waals surface area contributed by atoms with Crippen molar-refractivity contribution in [1.29, 1.82) is 0 Å². The Morgan fingerprint density at radius 1 is 1.11 bits per heavy atom. The number of aryl methyl sites for hydroxylation is 1. The fourth-order valence-corrected chi connectivity index (χ4v) is 4.54. The lowest BCUT2D eigenvalue weighted by Crippen LogP contribution is -2.56. The highest BCUT2D eigenvalue weighted by atomic mass is 35.5. The summed E-state index contributed by atoms with van der Waals surface area (Å²) < 4.78 is 45.7. The first-order valence-electron chi connectivity index (χ1n) is 11.2. The number of fused-ring (bicyclic) bond motifs is 1. The predicted molar refractivity (Wildman–Crippen MR) is 136 cm³/mol. The molecule has 36 heavy (non-hydrogen) atoms. The van der Waals surface area contributed by atoms with Crippen LogP contribution in [0.3, 0.4) is 0 Å². The number of pyridine rings is 1. The van der Waals surface area contributed by atoms with Crippen LogP contribution in [0.15, 0.2) is 41.2 Å². The Hall–Kier alpha value is -2.40. The van der Waals surface area contributed by atoms with Crippen LogP contribution in [-0.4, -0.2) is 65.2 Å². The summed E-state index contributed by atoms with van der Waals surface area (Å²) in [4.78, 5) is 25.5. The highest BCUT2D eigenvalue weighted by molar-refractivity contribution is 6.29. The molecule has 1 saturated heterocycles. The third kappa shape index (κ3) is 5.94. The molecule has 1 aliphatic rings. The van der Waals surface area contributed by atoms with Crippen molar-refractivity contribution in [2.45, 2.75) is 25.2 Å². The van der Waals surface area contributed by atoms with Gasteiger partial charge in [-0.25, -0.2) is 9.78 Å². The first-order valence-corrected chi connectivity index (χ1v) is 12.3. The van der Waals surface area contributed by atoms with E-state index in [1.807, 2.05) is 11.8 Å². The Morgan fingerprint density at radius 2 is 1.78 bits per heavy atom. The highest BCUT2D eigenvalue weighted by Crippen LogP contribution is 2.32. The van der Waals surface area contributed by atoms with Crippen molar-refractivity contribution in [3.8, 4) is 0 Å². The van der Waals surface area contributed by atoms with Gasteiger partial charge in [0.2, 0.25) is 0 Å². The third-order valence-corrected chi connectivity index (χ3v) is 6.53. The van der Waals surface area contributed by atoms with E-state index in [4.69, 9.17) is 16.3 Å². The molecule has 0 aliphatic carbocycles.